The molecule has 0 unspecified atom stereocenters. The Morgan fingerprint density at radius 3 is 2.86 bits per heavy atom. The van der Waals surface area contributed by atoms with Crippen molar-refractivity contribution in [3.63, 3.8) is 0 Å². The molecule has 1 N–H and O–H groups in total. The van der Waals surface area contributed by atoms with Crippen LogP contribution in [0.25, 0.3) is 0 Å². The Balaban J connectivity index is 2.00. The number of aryl methyl sites for hydroxylation is 2. The molecule has 0 aliphatic carbocycles. The third-order valence-corrected chi connectivity index (χ3v) is 4.33. The molecular weight excluding hydrogens is 288 g/mol. The maximum Gasteiger partial charge on any atom is 0.152 e. The number of carbonyl (C=O) groups excluding carboxylic acids is 1. The predicted octanol–water partition coefficient (Wildman–Crippen LogP) is 1.53. The average Bonchev–Trinajstić information content (AvgIpc) is 2.66. The molecule has 0 spiro atoms. The first-order valence-electron chi connectivity index (χ1n) is 7.84. The molecule has 0 atom stereocenters. The SMILES string of the molecule is CCc1nn(CC)c(CC(=O)CN2CCCNCC2)c1Cl. The first kappa shape index (κ1) is 16.5. The molecule has 0 saturated carbocycles. The second-order valence-corrected chi connectivity index (χ2v) is 5.85. The van der Waals surface area contributed by atoms with Gasteiger partial charge in [0.05, 0.1) is 29.4 Å². The first-order chi connectivity index (χ1) is 10.2. The van der Waals surface area contributed by atoms with Gasteiger partial charge in [0.15, 0.2) is 5.78 Å². The van der Waals surface area contributed by atoms with Crippen LogP contribution in [0.3, 0.4) is 0 Å². The minimum atomic E-state index is 0.219. The van der Waals surface area contributed by atoms with Crippen molar-refractivity contribution >= 4 is 17.4 Å². The van der Waals surface area contributed by atoms with Crippen LogP contribution in [0.15, 0.2) is 0 Å². The van der Waals surface area contributed by atoms with Gasteiger partial charge in [0.1, 0.15) is 0 Å². The fourth-order valence-electron chi connectivity index (χ4n) is 2.74. The zero-order valence-corrected chi connectivity index (χ0v) is 13.7. The van der Waals surface area contributed by atoms with E-state index < -0.39 is 0 Å². The lowest BCUT2D eigenvalue weighted by molar-refractivity contribution is -0.119. The summed E-state index contributed by atoms with van der Waals surface area (Å²) >= 11 is 6.36. The molecule has 1 saturated heterocycles. The van der Waals surface area contributed by atoms with Gasteiger partial charge in [0.25, 0.3) is 0 Å². The molecule has 2 rings (SSSR count). The summed E-state index contributed by atoms with van der Waals surface area (Å²) in [5, 5.41) is 8.49. The molecule has 21 heavy (non-hydrogen) atoms. The van der Waals surface area contributed by atoms with Gasteiger partial charge in [0, 0.05) is 19.6 Å². The molecule has 2 heterocycles. The maximum atomic E-state index is 12.3. The van der Waals surface area contributed by atoms with E-state index in [9.17, 15) is 4.79 Å². The Labute approximate surface area is 131 Å². The lowest BCUT2D eigenvalue weighted by atomic mass is 10.2. The highest BCUT2D eigenvalue weighted by Crippen LogP contribution is 2.22. The molecular formula is C15H25ClN4O. The van der Waals surface area contributed by atoms with Gasteiger partial charge in [-0.15, -0.1) is 0 Å². The second kappa shape index (κ2) is 7.92. The molecule has 118 valence electrons. The van der Waals surface area contributed by atoms with E-state index in [2.05, 4.69) is 15.3 Å². The van der Waals surface area contributed by atoms with Crippen LogP contribution < -0.4 is 5.32 Å². The van der Waals surface area contributed by atoms with Crippen molar-refractivity contribution in [2.24, 2.45) is 0 Å². The molecule has 0 bridgehead atoms. The van der Waals surface area contributed by atoms with Crippen LogP contribution in [0, 0.1) is 0 Å². The number of rotatable bonds is 6. The number of halogens is 1. The van der Waals surface area contributed by atoms with Crippen molar-refractivity contribution in [1.82, 2.24) is 20.0 Å². The molecule has 1 aromatic heterocycles. The Morgan fingerprint density at radius 1 is 1.33 bits per heavy atom. The van der Waals surface area contributed by atoms with E-state index in [0.29, 0.717) is 18.0 Å². The Morgan fingerprint density at radius 2 is 2.14 bits per heavy atom. The summed E-state index contributed by atoms with van der Waals surface area (Å²) in [6.07, 6.45) is 2.27. The van der Waals surface area contributed by atoms with E-state index in [4.69, 9.17) is 11.6 Å². The molecule has 1 aliphatic heterocycles. The molecule has 1 fully saturated rings. The average molecular weight is 313 g/mol. The normalized spacial score (nSPS) is 16.9. The highest BCUT2D eigenvalue weighted by Gasteiger charge is 2.19. The van der Waals surface area contributed by atoms with Gasteiger partial charge in [-0.1, -0.05) is 18.5 Å². The van der Waals surface area contributed by atoms with E-state index >= 15 is 0 Å². The van der Waals surface area contributed by atoms with Crippen LogP contribution in [0.1, 0.15) is 31.7 Å². The summed E-state index contributed by atoms with van der Waals surface area (Å²) in [5.41, 5.74) is 1.76. The summed E-state index contributed by atoms with van der Waals surface area (Å²) in [6, 6.07) is 0. The number of aromatic nitrogens is 2. The summed E-state index contributed by atoms with van der Waals surface area (Å²) in [7, 11) is 0. The number of Topliss-reactive ketones (excluding diaryl/α,β-unsaturated/α-hetero) is 1. The first-order valence-corrected chi connectivity index (χ1v) is 8.22. The van der Waals surface area contributed by atoms with Crippen LogP contribution >= 0.6 is 11.6 Å². The second-order valence-electron chi connectivity index (χ2n) is 5.47. The summed E-state index contributed by atoms with van der Waals surface area (Å²) in [6.45, 7) is 9.23. The highest BCUT2D eigenvalue weighted by molar-refractivity contribution is 6.32. The number of ketones is 1. The van der Waals surface area contributed by atoms with Gasteiger partial charge in [-0.05, 0) is 32.9 Å². The van der Waals surface area contributed by atoms with Crippen molar-refractivity contribution in [3.8, 4) is 0 Å². The van der Waals surface area contributed by atoms with Gasteiger partial charge >= 0.3 is 0 Å². The standard InChI is InChI=1S/C15H25ClN4O/c1-3-13-15(16)14(20(4-2)18-13)10-12(21)11-19-8-5-6-17-7-9-19/h17H,3-11H2,1-2H3. The van der Waals surface area contributed by atoms with Crippen LogP contribution in [-0.4, -0.2) is 53.2 Å². The monoisotopic (exact) mass is 312 g/mol. The predicted molar refractivity (Wildman–Crippen MR) is 84.9 cm³/mol. The smallest absolute Gasteiger partial charge is 0.152 e. The topological polar surface area (TPSA) is 50.2 Å². The highest BCUT2D eigenvalue weighted by atomic mass is 35.5. The molecule has 1 aliphatic rings. The van der Waals surface area contributed by atoms with Crippen molar-refractivity contribution < 1.29 is 4.79 Å². The number of nitrogens with one attached hydrogen (secondary N) is 1. The minimum absolute atomic E-state index is 0.219. The maximum absolute atomic E-state index is 12.3. The minimum Gasteiger partial charge on any atom is -0.315 e. The van der Waals surface area contributed by atoms with Gasteiger partial charge in [-0.2, -0.15) is 5.10 Å². The third-order valence-electron chi connectivity index (χ3n) is 3.89. The number of hydrogen-bond donors (Lipinski definition) is 1. The quantitative estimate of drug-likeness (QED) is 0.865. The largest absolute Gasteiger partial charge is 0.315 e. The zero-order chi connectivity index (χ0) is 15.2. The molecule has 1 aromatic rings. The van der Waals surface area contributed by atoms with Gasteiger partial charge in [-0.25, -0.2) is 0 Å². The van der Waals surface area contributed by atoms with Crippen molar-refractivity contribution in [1.29, 1.82) is 0 Å². The van der Waals surface area contributed by atoms with Crippen LogP contribution in [0.2, 0.25) is 5.02 Å². The van der Waals surface area contributed by atoms with E-state index in [1.807, 2.05) is 18.5 Å². The van der Waals surface area contributed by atoms with E-state index in [1.165, 1.54) is 0 Å². The number of carbonyl (C=O) groups is 1. The fraction of sp³-hybridized carbons (Fsp3) is 0.733. The van der Waals surface area contributed by atoms with E-state index in [0.717, 1.165) is 57.0 Å². The third kappa shape index (κ3) is 4.28. The molecule has 0 aromatic carbocycles. The van der Waals surface area contributed by atoms with Gasteiger partial charge in [-0.3, -0.25) is 14.4 Å². The van der Waals surface area contributed by atoms with E-state index in [1.54, 1.807) is 0 Å². The Hall–Kier alpha value is -0.910. The van der Waals surface area contributed by atoms with Crippen molar-refractivity contribution in [3.05, 3.63) is 16.4 Å². The van der Waals surface area contributed by atoms with E-state index in [-0.39, 0.29) is 5.78 Å². The van der Waals surface area contributed by atoms with Crippen LogP contribution in [0.4, 0.5) is 0 Å². The Kier molecular flexibility index (Phi) is 6.21. The molecule has 5 nitrogen and oxygen atoms in total. The number of nitrogens with zero attached hydrogens (tertiary/aromatic N) is 3. The van der Waals surface area contributed by atoms with Crippen LogP contribution in [0.5, 0.6) is 0 Å². The van der Waals surface area contributed by atoms with Gasteiger partial charge < -0.3 is 5.32 Å². The Bertz CT molecular complexity index is 478. The molecule has 6 heteroatoms. The number of hydrogen-bond acceptors (Lipinski definition) is 4. The summed E-state index contributed by atoms with van der Waals surface area (Å²) < 4.78 is 1.86. The lowest BCUT2D eigenvalue weighted by Crippen LogP contribution is -2.34. The lowest BCUT2D eigenvalue weighted by Gasteiger charge is -2.18. The van der Waals surface area contributed by atoms with Gasteiger partial charge in [0.2, 0.25) is 0 Å². The fourth-order valence-corrected chi connectivity index (χ4v) is 3.07. The van der Waals surface area contributed by atoms with Crippen molar-refractivity contribution in [2.45, 2.75) is 39.7 Å². The molecule has 0 radical (unpaired) electrons. The van der Waals surface area contributed by atoms with Crippen molar-refractivity contribution in [2.75, 3.05) is 32.7 Å². The summed E-state index contributed by atoms with van der Waals surface area (Å²) in [4.78, 5) is 14.6. The zero-order valence-electron chi connectivity index (χ0n) is 13.0. The molecule has 0 amide bonds. The van der Waals surface area contributed by atoms with Crippen LogP contribution in [-0.2, 0) is 24.2 Å². The summed E-state index contributed by atoms with van der Waals surface area (Å²) in [5.74, 6) is 0.219.